The molecule has 11 heavy (non-hydrogen) atoms. The molecule has 1 aliphatic rings. The van der Waals surface area contributed by atoms with Gasteiger partial charge in [0.05, 0.1) is 6.61 Å². The van der Waals surface area contributed by atoms with Crippen molar-refractivity contribution in [2.45, 2.75) is 12.8 Å². The highest BCUT2D eigenvalue weighted by Gasteiger charge is 2.21. The smallest absolute Gasteiger partial charge is 0.147 e. The lowest BCUT2D eigenvalue weighted by Crippen LogP contribution is -1.98. The summed E-state index contributed by atoms with van der Waals surface area (Å²) in [5.74, 6) is 1.56. The van der Waals surface area contributed by atoms with Crippen molar-refractivity contribution >= 4 is 0 Å². The summed E-state index contributed by atoms with van der Waals surface area (Å²) in [6.07, 6.45) is 7.12. The Kier molecular flexibility index (Phi) is 1.76. The largest absolute Gasteiger partial charge is 0.491 e. The summed E-state index contributed by atoms with van der Waals surface area (Å²) in [6, 6.07) is 3.74. The minimum Gasteiger partial charge on any atom is -0.491 e. The summed E-state index contributed by atoms with van der Waals surface area (Å²) >= 11 is 0. The standard InChI is InChI=1S/C9H10NO/c1-2-9(6-10-5-1)11-7-8-3-4-8/h1-2,5,8H,3-4,7H2. The van der Waals surface area contributed by atoms with Crippen molar-refractivity contribution in [1.29, 1.82) is 0 Å². The average molecular weight is 148 g/mol. The van der Waals surface area contributed by atoms with Crippen LogP contribution in [0.1, 0.15) is 12.8 Å². The van der Waals surface area contributed by atoms with Gasteiger partial charge in [-0.2, -0.15) is 0 Å². The van der Waals surface area contributed by atoms with Gasteiger partial charge in [0.15, 0.2) is 0 Å². The van der Waals surface area contributed by atoms with Crippen LogP contribution >= 0.6 is 0 Å². The normalized spacial score (nSPS) is 16.4. The van der Waals surface area contributed by atoms with E-state index >= 15 is 0 Å². The molecule has 1 fully saturated rings. The van der Waals surface area contributed by atoms with Crippen LogP contribution in [0.25, 0.3) is 0 Å². The maximum atomic E-state index is 5.41. The van der Waals surface area contributed by atoms with E-state index in [9.17, 15) is 0 Å². The number of nitrogens with zero attached hydrogens (tertiary/aromatic N) is 1. The second-order valence-corrected chi connectivity index (χ2v) is 2.87. The number of hydrogen-bond donors (Lipinski definition) is 0. The first-order valence-corrected chi connectivity index (χ1v) is 3.90. The Morgan fingerprint density at radius 3 is 3.18 bits per heavy atom. The minimum absolute atomic E-state index is 0.763. The fourth-order valence-electron chi connectivity index (χ4n) is 0.884. The Labute approximate surface area is 66.2 Å². The van der Waals surface area contributed by atoms with Crippen LogP contribution in [0.2, 0.25) is 0 Å². The summed E-state index contributed by atoms with van der Waals surface area (Å²) in [4.78, 5) is 3.83. The molecular formula is C9H10NO. The first-order chi connectivity index (χ1) is 5.45. The first kappa shape index (κ1) is 6.65. The molecule has 0 atom stereocenters. The summed E-state index contributed by atoms with van der Waals surface area (Å²) < 4.78 is 5.41. The molecule has 0 amide bonds. The van der Waals surface area contributed by atoms with Gasteiger partial charge in [-0.1, -0.05) is 0 Å². The van der Waals surface area contributed by atoms with Crippen LogP contribution in [0.5, 0.6) is 5.75 Å². The second-order valence-electron chi connectivity index (χ2n) is 2.87. The highest BCUT2D eigenvalue weighted by molar-refractivity contribution is 5.13. The Balaban J connectivity index is 1.85. The average Bonchev–Trinajstić information content (AvgIpc) is 2.86. The van der Waals surface area contributed by atoms with Gasteiger partial charge in [0.2, 0.25) is 0 Å². The van der Waals surface area contributed by atoms with E-state index in [4.69, 9.17) is 4.74 Å². The van der Waals surface area contributed by atoms with E-state index in [1.54, 1.807) is 6.20 Å². The van der Waals surface area contributed by atoms with Gasteiger partial charge in [0, 0.05) is 6.20 Å². The molecule has 1 aromatic heterocycles. The molecule has 0 aliphatic heterocycles. The number of ether oxygens (including phenoxy) is 1. The van der Waals surface area contributed by atoms with Crippen LogP contribution in [-0.4, -0.2) is 11.6 Å². The van der Waals surface area contributed by atoms with Crippen molar-refractivity contribution in [3.8, 4) is 5.75 Å². The van der Waals surface area contributed by atoms with Crippen molar-refractivity contribution in [2.24, 2.45) is 5.92 Å². The predicted molar refractivity (Wildman–Crippen MR) is 41.3 cm³/mol. The third-order valence-corrected chi connectivity index (χ3v) is 1.75. The van der Waals surface area contributed by atoms with E-state index < -0.39 is 0 Å². The molecule has 1 radical (unpaired) electrons. The van der Waals surface area contributed by atoms with Crippen LogP contribution in [0.15, 0.2) is 18.3 Å². The molecule has 0 bridgehead atoms. The van der Waals surface area contributed by atoms with Gasteiger partial charge >= 0.3 is 0 Å². The molecule has 0 saturated heterocycles. The molecule has 1 heterocycles. The number of rotatable bonds is 3. The molecule has 0 unspecified atom stereocenters. The maximum absolute atomic E-state index is 5.41. The predicted octanol–water partition coefficient (Wildman–Crippen LogP) is 1.67. The van der Waals surface area contributed by atoms with Crippen LogP contribution in [-0.2, 0) is 0 Å². The monoisotopic (exact) mass is 148 g/mol. The van der Waals surface area contributed by atoms with Gasteiger partial charge < -0.3 is 4.74 Å². The van der Waals surface area contributed by atoms with Crippen LogP contribution in [0.4, 0.5) is 0 Å². The molecule has 0 spiro atoms. The zero-order valence-electron chi connectivity index (χ0n) is 6.29. The Morgan fingerprint density at radius 1 is 1.64 bits per heavy atom. The van der Waals surface area contributed by atoms with Gasteiger partial charge in [0.1, 0.15) is 11.9 Å². The molecule has 1 saturated carbocycles. The van der Waals surface area contributed by atoms with E-state index in [2.05, 4.69) is 11.2 Å². The zero-order chi connectivity index (χ0) is 7.52. The quantitative estimate of drug-likeness (QED) is 0.650. The SMILES string of the molecule is [c]1ncccc1OCC1CC1. The van der Waals surface area contributed by atoms with E-state index in [1.165, 1.54) is 12.8 Å². The summed E-state index contributed by atoms with van der Waals surface area (Å²) in [5.41, 5.74) is 0. The van der Waals surface area contributed by atoms with Crippen molar-refractivity contribution in [1.82, 2.24) is 4.98 Å². The van der Waals surface area contributed by atoms with Gasteiger partial charge in [-0.15, -0.1) is 0 Å². The van der Waals surface area contributed by atoms with E-state index in [1.807, 2.05) is 12.1 Å². The number of pyridine rings is 1. The highest BCUT2D eigenvalue weighted by Crippen LogP contribution is 2.29. The number of aromatic nitrogens is 1. The Bertz CT molecular complexity index is 218. The minimum atomic E-state index is 0.763. The topological polar surface area (TPSA) is 22.1 Å². The second kappa shape index (κ2) is 2.91. The van der Waals surface area contributed by atoms with E-state index in [0.29, 0.717) is 0 Å². The summed E-state index contributed by atoms with van der Waals surface area (Å²) in [6.45, 7) is 0.836. The van der Waals surface area contributed by atoms with Crippen LogP contribution < -0.4 is 4.74 Å². The lowest BCUT2D eigenvalue weighted by molar-refractivity contribution is 0.298. The maximum Gasteiger partial charge on any atom is 0.147 e. The fraction of sp³-hybridized carbons (Fsp3) is 0.444. The Morgan fingerprint density at radius 2 is 2.55 bits per heavy atom. The van der Waals surface area contributed by atoms with Crippen molar-refractivity contribution in [3.63, 3.8) is 0 Å². The third kappa shape index (κ3) is 1.93. The molecular weight excluding hydrogens is 138 g/mol. The van der Waals surface area contributed by atoms with Crippen molar-refractivity contribution in [2.75, 3.05) is 6.61 Å². The van der Waals surface area contributed by atoms with E-state index in [-0.39, 0.29) is 0 Å². The molecule has 2 heteroatoms. The molecule has 1 aliphatic carbocycles. The third-order valence-electron chi connectivity index (χ3n) is 1.75. The lowest BCUT2D eigenvalue weighted by Gasteiger charge is -2.01. The molecule has 57 valence electrons. The number of hydrogen-bond acceptors (Lipinski definition) is 2. The van der Waals surface area contributed by atoms with Gasteiger partial charge in [-0.3, -0.25) is 4.98 Å². The van der Waals surface area contributed by atoms with E-state index in [0.717, 1.165) is 18.3 Å². The van der Waals surface area contributed by atoms with Crippen LogP contribution in [0, 0.1) is 12.1 Å². The van der Waals surface area contributed by atoms with Crippen LogP contribution in [0.3, 0.4) is 0 Å². The zero-order valence-corrected chi connectivity index (χ0v) is 6.29. The van der Waals surface area contributed by atoms with Gasteiger partial charge in [-0.05, 0) is 30.9 Å². The molecule has 0 N–H and O–H groups in total. The van der Waals surface area contributed by atoms with Crippen molar-refractivity contribution < 1.29 is 4.74 Å². The molecule has 2 nitrogen and oxygen atoms in total. The van der Waals surface area contributed by atoms with Gasteiger partial charge in [0.25, 0.3) is 0 Å². The molecule has 2 rings (SSSR count). The fourth-order valence-corrected chi connectivity index (χ4v) is 0.884. The summed E-state index contributed by atoms with van der Waals surface area (Å²) in [7, 11) is 0. The highest BCUT2D eigenvalue weighted by atomic mass is 16.5. The lowest BCUT2D eigenvalue weighted by atomic mass is 10.4. The van der Waals surface area contributed by atoms with Gasteiger partial charge in [-0.25, -0.2) is 0 Å². The first-order valence-electron chi connectivity index (χ1n) is 3.90. The van der Waals surface area contributed by atoms with Crippen molar-refractivity contribution in [3.05, 3.63) is 24.5 Å². The molecule has 0 aromatic carbocycles. The molecule has 1 aromatic rings. The Hall–Kier alpha value is -1.05. The summed E-state index contributed by atoms with van der Waals surface area (Å²) in [5, 5.41) is 0.